The summed E-state index contributed by atoms with van der Waals surface area (Å²) in [7, 11) is 0. The van der Waals surface area contributed by atoms with Crippen LogP contribution in [-0.4, -0.2) is 9.97 Å². The number of anilines is 2. The van der Waals surface area contributed by atoms with Gasteiger partial charge in [0.05, 0.1) is 5.39 Å². The van der Waals surface area contributed by atoms with Gasteiger partial charge in [0.1, 0.15) is 10.6 Å². The summed E-state index contributed by atoms with van der Waals surface area (Å²) >= 11 is 7.72. The molecule has 0 bridgehead atoms. The van der Waals surface area contributed by atoms with Crippen molar-refractivity contribution in [2.75, 3.05) is 5.32 Å². The first-order valence-corrected chi connectivity index (χ1v) is 8.06. The van der Waals surface area contributed by atoms with Crippen LogP contribution in [0.1, 0.15) is 22.9 Å². The Kier molecular flexibility index (Phi) is 3.83. The third kappa shape index (κ3) is 3.01. The average Bonchev–Trinajstić information content (AvgIpc) is 2.80. The second-order valence-electron chi connectivity index (χ2n) is 5.13. The number of thiophene rings is 1. The highest BCUT2D eigenvalue weighted by atomic mass is 35.5. The van der Waals surface area contributed by atoms with Gasteiger partial charge in [-0.1, -0.05) is 13.0 Å². The first-order valence-electron chi connectivity index (χ1n) is 6.86. The monoisotopic (exact) mass is 317 g/mol. The van der Waals surface area contributed by atoms with E-state index in [1.165, 1.54) is 16.0 Å². The van der Waals surface area contributed by atoms with Crippen molar-refractivity contribution in [3.63, 3.8) is 0 Å². The zero-order valence-electron chi connectivity index (χ0n) is 12.2. The van der Waals surface area contributed by atoms with E-state index < -0.39 is 0 Å². The van der Waals surface area contributed by atoms with Crippen LogP contribution >= 0.6 is 22.9 Å². The maximum atomic E-state index is 6.05. The SMILES string of the molecule is CCc1cc2c(Nc3cc(C)cc(C)c3)nc(Cl)nc2s1. The van der Waals surface area contributed by atoms with Gasteiger partial charge in [0.2, 0.25) is 5.28 Å². The molecule has 0 aliphatic heterocycles. The minimum Gasteiger partial charge on any atom is -0.340 e. The Labute approximate surface area is 133 Å². The molecule has 1 aromatic carbocycles. The van der Waals surface area contributed by atoms with E-state index in [4.69, 9.17) is 11.6 Å². The highest BCUT2D eigenvalue weighted by molar-refractivity contribution is 7.18. The van der Waals surface area contributed by atoms with Crippen molar-refractivity contribution in [1.29, 1.82) is 0 Å². The van der Waals surface area contributed by atoms with Crippen LogP contribution in [0.5, 0.6) is 0 Å². The van der Waals surface area contributed by atoms with Crippen molar-refractivity contribution in [3.05, 3.63) is 45.6 Å². The lowest BCUT2D eigenvalue weighted by Crippen LogP contribution is -1.96. The molecule has 0 unspecified atom stereocenters. The van der Waals surface area contributed by atoms with Crippen LogP contribution in [0.4, 0.5) is 11.5 Å². The van der Waals surface area contributed by atoms with Gasteiger partial charge in [-0.15, -0.1) is 11.3 Å². The molecule has 5 heteroatoms. The van der Waals surface area contributed by atoms with Crippen LogP contribution in [0.25, 0.3) is 10.2 Å². The molecular weight excluding hydrogens is 302 g/mol. The first kappa shape index (κ1) is 14.3. The molecule has 0 spiro atoms. The molecule has 21 heavy (non-hydrogen) atoms. The number of benzene rings is 1. The molecule has 2 heterocycles. The Morgan fingerprint density at radius 2 is 1.81 bits per heavy atom. The lowest BCUT2D eigenvalue weighted by molar-refractivity contribution is 1.19. The second-order valence-corrected chi connectivity index (χ2v) is 6.58. The van der Waals surface area contributed by atoms with E-state index in [0.717, 1.165) is 28.1 Å². The number of aryl methyl sites for hydroxylation is 3. The second kappa shape index (κ2) is 5.62. The molecule has 0 aliphatic rings. The van der Waals surface area contributed by atoms with E-state index in [1.54, 1.807) is 11.3 Å². The van der Waals surface area contributed by atoms with Gasteiger partial charge in [-0.05, 0) is 61.2 Å². The molecule has 108 valence electrons. The molecule has 0 aliphatic carbocycles. The Hall–Kier alpha value is -1.65. The van der Waals surface area contributed by atoms with Crippen LogP contribution in [0.2, 0.25) is 5.28 Å². The predicted molar refractivity (Wildman–Crippen MR) is 91.0 cm³/mol. The molecule has 0 saturated heterocycles. The van der Waals surface area contributed by atoms with Crippen LogP contribution in [0.15, 0.2) is 24.3 Å². The van der Waals surface area contributed by atoms with Crippen LogP contribution in [0, 0.1) is 13.8 Å². The van der Waals surface area contributed by atoms with Crippen LogP contribution < -0.4 is 5.32 Å². The number of nitrogens with zero attached hydrogens (tertiary/aromatic N) is 2. The lowest BCUT2D eigenvalue weighted by atomic mass is 10.1. The molecule has 3 aromatic rings. The maximum absolute atomic E-state index is 6.05. The van der Waals surface area contributed by atoms with E-state index in [-0.39, 0.29) is 5.28 Å². The lowest BCUT2D eigenvalue weighted by Gasteiger charge is -2.09. The van der Waals surface area contributed by atoms with E-state index in [9.17, 15) is 0 Å². The number of hydrogen-bond donors (Lipinski definition) is 1. The van der Waals surface area contributed by atoms with Crippen molar-refractivity contribution in [2.45, 2.75) is 27.2 Å². The summed E-state index contributed by atoms with van der Waals surface area (Å²) in [5.41, 5.74) is 3.45. The number of nitrogens with one attached hydrogen (secondary N) is 1. The third-order valence-corrected chi connectivity index (χ3v) is 4.59. The molecule has 2 aromatic heterocycles. The zero-order valence-corrected chi connectivity index (χ0v) is 13.8. The van der Waals surface area contributed by atoms with Crippen molar-refractivity contribution in [2.24, 2.45) is 0 Å². The average molecular weight is 318 g/mol. The van der Waals surface area contributed by atoms with Gasteiger partial charge in [-0.2, -0.15) is 4.98 Å². The van der Waals surface area contributed by atoms with Gasteiger partial charge < -0.3 is 5.32 Å². The zero-order chi connectivity index (χ0) is 15.0. The Morgan fingerprint density at radius 3 is 2.48 bits per heavy atom. The van der Waals surface area contributed by atoms with Crippen molar-refractivity contribution in [3.8, 4) is 0 Å². The molecule has 3 nitrogen and oxygen atoms in total. The summed E-state index contributed by atoms with van der Waals surface area (Å²) in [5.74, 6) is 0.769. The number of fused-ring (bicyclic) bond motifs is 1. The summed E-state index contributed by atoms with van der Waals surface area (Å²) in [6, 6.07) is 8.48. The van der Waals surface area contributed by atoms with Gasteiger partial charge in [-0.3, -0.25) is 0 Å². The molecule has 0 radical (unpaired) electrons. The molecular formula is C16H16ClN3S. The quantitative estimate of drug-likeness (QED) is 0.669. The van der Waals surface area contributed by atoms with Gasteiger partial charge in [0.15, 0.2) is 0 Å². The van der Waals surface area contributed by atoms with Crippen molar-refractivity contribution in [1.82, 2.24) is 9.97 Å². The Balaban J connectivity index is 2.08. The topological polar surface area (TPSA) is 37.8 Å². The molecule has 3 rings (SSSR count). The van der Waals surface area contributed by atoms with Gasteiger partial charge in [-0.25, -0.2) is 4.98 Å². The molecule has 0 saturated carbocycles. The fourth-order valence-electron chi connectivity index (χ4n) is 2.40. The summed E-state index contributed by atoms with van der Waals surface area (Å²) in [4.78, 5) is 10.9. The Bertz CT molecular complexity index is 790. The fraction of sp³-hybridized carbons (Fsp3) is 0.250. The summed E-state index contributed by atoms with van der Waals surface area (Å²) < 4.78 is 0. The first-order chi connectivity index (χ1) is 10.0. The van der Waals surface area contributed by atoms with E-state index in [1.807, 2.05) is 0 Å². The number of halogens is 1. The summed E-state index contributed by atoms with van der Waals surface area (Å²) in [5, 5.41) is 4.68. The summed E-state index contributed by atoms with van der Waals surface area (Å²) in [6.45, 7) is 6.30. The van der Waals surface area contributed by atoms with E-state index in [2.05, 4.69) is 60.3 Å². The van der Waals surface area contributed by atoms with E-state index in [0.29, 0.717) is 0 Å². The largest absolute Gasteiger partial charge is 0.340 e. The smallest absolute Gasteiger partial charge is 0.225 e. The predicted octanol–water partition coefficient (Wildman–Crippen LogP) is 5.27. The number of aromatic nitrogens is 2. The fourth-order valence-corrected chi connectivity index (χ4v) is 3.58. The molecule has 1 N–H and O–H groups in total. The highest BCUT2D eigenvalue weighted by Gasteiger charge is 2.11. The molecule has 0 atom stereocenters. The normalized spacial score (nSPS) is 11.0. The van der Waals surface area contributed by atoms with Crippen LogP contribution in [0.3, 0.4) is 0 Å². The number of rotatable bonds is 3. The minimum absolute atomic E-state index is 0.277. The van der Waals surface area contributed by atoms with E-state index >= 15 is 0 Å². The van der Waals surface area contributed by atoms with Gasteiger partial charge in [0.25, 0.3) is 0 Å². The van der Waals surface area contributed by atoms with Crippen molar-refractivity contribution >= 4 is 44.7 Å². The highest BCUT2D eigenvalue weighted by Crippen LogP contribution is 2.32. The van der Waals surface area contributed by atoms with Gasteiger partial charge in [0, 0.05) is 10.6 Å². The van der Waals surface area contributed by atoms with Gasteiger partial charge >= 0.3 is 0 Å². The third-order valence-electron chi connectivity index (χ3n) is 3.25. The summed E-state index contributed by atoms with van der Waals surface area (Å²) in [6.07, 6.45) is 0.988. The maximum Gasteiger partial charge on any atom is 0.225 e. The van der Waals surface area contributed by atoms with Crippen LogP contribution in [-0.2, 0) is 6.42 Å². The van der Waals surface area contributed by atoms with Crippen molar-refractivity contribution < 1.29 is 0 Å². The molecule has 0 amide bonds. The molecule has 0 fully saturated rings. The Morgan fingerprint density at radius 1 is 1.10 bits per heavy atom. The standard InChI is InChI=1S/C16H16ClN3S/c1-4-12-8-13-14(19-16(17)20-15(13)21-12)18-11-6-9(2)5-10(3)7-11/h5-8H,4H2,1-3H3,(H,18,19,20). The number of hydrogen-bond acceptors (Lipinski definition) is 4. The minimum atomic E-state index is 0.277.